The third-order valence-electron chi connectivity index (χ3n) is 13.1. The highest BCUT2D eigenvalue weighted by molar-refractivity contribution is 5.76. The van der Waals surface area contributed by atoms with E-state index in [0.29, 0.717) is 41.9 Å². The number of nitrogens with zero attached hydrogens (tertiary/aromatic N) is 2. The van der Waals surface area contributed by atoms with Gasteiger partial charge in [0.05, 0.1) is 12.2 Å². The van der Waals surface area contributed by atoms with Crippen LogP contribution >= 0.6 is 0 Å². The van der Waals surface area contributed by atoms with Crippen LogP contribution in [0.1, 0.15) is 85.0 Å². The van der Waals surface area contributed by atoms with E-state index in [4.69, 9.17) is 0 Å². The van der Waals surface area contributed by atoms with Crippen molar-refractivity contribution in [2.45, 2.75) is 97.2 Å². The molecule has 1 aromatic rings. The summed E-state index contributed by atoms with van der Waals surface area (Å²) in [7, 11) is 0. The molecule has 1 saturated heterocycles. The number of fused-ring (bicyclic) bond motifs is 5. The number of amides is 1. The van der Waals surface area contributed by atoms with Gasteiger partial charge >= 0.3 is 0 Å². The Balaban J connectivity index is 1.06. The second-order valence-corrected chi connectivity index (χ2v) is 14.6. The maximum absolute atomic E-state index is 13.2. The van der Waals surface area contributed by atoms with E-state index >= 15 is 0 Å². The molecule has 39 heavy (non-hydrogen) atoms. The average molecular weight is 537 g/mol. The summed E-state index contributed by atoms with van der Waals surface area (Å²) in [6.07, 6.45) is 10.1. The molecule has 5 fully saturated rings. The highest BCUT2D eigenvalue weighted by Gasteiger charge is 2.63. The van der Waals surface area contributed by atoms with Crippen molar-refractivity contribution >= 4 is 11.6 Å². The summed E-state index contributed by atoms with van der Waals surface area (Å²) in [6.45, 7) is 10.7. The summed E-state index contributed by atoms with van der Waals surface area (Å²) in [6, 6.07) is 10.5. The number of para-hydroxylation sites is 1. The molecule has 6 rings (SSSR count). The predicted molar refractivity (Wildman–Crippen MR) is 156 cm³/mol. The number of hydrogen-bond acceptors (Lipinski definition) is 4. The SMILES string of the molecule is C[C@H](CCC(=O)N1CCN(c2ccccc2)CC1)[C@H]1CC[C@H]2[C@@H]3CC[C@@H]4C[C@H](O)CC[C@]4(C)[C@H]3C[C@H](O)[C@]12C. The van der Waals surface area contributed by atoms with Crippen LogP contribution in [0.3, 0.4) is 0 Å². The van der Waals surface area contributed by atoms with Gasteiger partial charge in [-0.05, 0) is 116 Å². The Kier molecular flexibility index (Phi) is 7.54. The molecule has 1 aliphatic heterocycles. The number of aliphatic hydroxyl groups excluding tert-OH is 2. The van der Waals surface area contributed by atoms with E-state index in [0.717, 1.165) is 64.2 Å². The first-order chi connectivity index (χ1) is 18.7. The van der Waals surface area contributed by atoms with E-state index in [1.807, 2.05) is 0 Å². The minimum atomic E-state index is -0.247. The third kappa shape index (κ3) is 4.74. The van der Waals surface area contributed by atoms with Crippen LogP contribution in [-0.2, 0) is 4.79 Å². The van der Waals surface area contributed by atoms with Crippen molar-refractivity contribution < 1.29 is 15.0 Å². The van der Waals surface area contributed by atoms with Crippen molar-refractivity contribution in [3.8, 4) is 0 Å². The molecule has 10 atom stereocenters. The Morgan fingerprint density at radius 2 is 1.69 bits per heavy atom. The van der Waals surface area contributed by atoms with Crippen LogP contribution in [0.4, 0.5) is 5.69 Å². The van der Waals surface area contributed by atoms with Crippen molar-refractivity contribution in [3.05, 3.63) is 30.3 Å². The van der Waals surface area contributed by atoms with Gasteiger partial charge in [-0.3, -0.25) is 4.79 Å². The standard InChI is InChI=1S/C34H52N2O3/c1-23(9-14-32(39)36-19-17-35(18-20-36)25-7-5-4-6-8-25)28-12-13-29-27-11-10-24-21-26(37)15-16-33(24,2)30(27)22-31(38)34(28,29)3/h4-8,23-24,26-31,37-38H,9-22H2,1-3H3/t23-,24-,26-,27+,28-,29+,30+,31+,33+,34-/m1/s1. The van der Waals surface area contributed by atoms with Crippen molar-refractivity contribution in [1.29, 1.82) is 0 Å². The molecule has 1 amide bonds. The fourth-order valence-corrected chi connectivity index (χ4v) is 10.7. The van der Waals surface area contributed by atoms with Gasteiger partial charge in [0, 0.05) is 38.3 Å². The van der Waals surface area contributed by atoms with Gasteiger partial charge in [0.1, 0.15) is 0 Å². The molecule has 0 spiro atoms. The Morgan fingerprint density at radius 1 is 0.949 bits per heavy atom. The van der Waals surface area contributed by atoms with Gasteiger partial charge in [0.25, 0.3) is 0 Å². The van der Waals surface area contributed by atoms with Gasteiger partial charge in [-0.25, -0.2) is 0 Å². The van der Waals surface area contributed by atoms with Gasteiger partial charge in [0.2, 0.25) is 5.91 Å². The van der Waals surface area contributed by atoms with Crippen LogP contribution in [0.25, 0.3) is 0 Å². The first kappa shape index (κ1) is 27.6. The second kappa shape index (κ2) is 10.7. The zero-order valence-corrected chi connectivity index (χ0v) is 24.6. The molecule has 2 N–H and O–H groups in total. The number of carbonyl (C=O) groups excluding carboxylic acids is 1. The van der Waals surface area contributed by atoms with E-state index in [1.165, 1.54) is 31.4 Å². The topological polar surface area (TPSA) is 64.0 Å². The van der Waals surface area contributed by atoms with E-state index in [9.17, 15) is 15.0 Å². The van der Waals surface area contributed by atoms with Crippen LogP contribution in [0, 0.1) is 46.3 Å². The molecule has 5 nitrogen and oxygen atoms in total. The molecular formula is C34H52N2O3. The lowest BCUT2D eigenvalue weighted by atomic mass is 9.43. The smallest absolute Gasteiger partial charge is 0.222 e. The number of hydrogen-bond donors (Lipinski definition) is 2. The van der Waals surface area contributed by atoms with Gasteiger partial charge in [-0.1, -0.05) is 39.0 Å². The molecule has 5 heteroatoms. The molecule has 5 aliphatic rings. The minimum Gasteiger partial charge on any atom is -0.393 e. The molecule has 1 heterocycles. The minimum absolute atomic E-state index is 0.0255. The lowest BCUT2D eigenvalue weighted by Gasteiger charge is -2.62. The maximum Gasteiger partial charge on any atom is 0.222 e. The monoisotopic (exact) mass is 536 g/mol. The normalized spacial score (nSPS) is 42.8. The van der Waals surface area contributed by atoms with Crippen LogP contribution in [-0.4, -0.2) is 59.4 Å². The molecule has 1 aromatic carbocycles. The highest BCUT2D eigenvalue weighted by Crippen LogP contribution is 2.68. The lowest BCUT2D eigenvalue weighted by Crippen LogP contribution is -2.58. The van der Waals surface area contributed by atoms with Crippen LogP contribution in [0.2, 0.25) is 0 Å². The van der Waals surface area contributed by atoms with Crippen molar-refractivity contribution in [3.63, 3.8) is 0 Å². The first-order valence-corrected chi connectivity index (χ1v) is 16.2. The second-order valence-electron chi connectivity index (χ2n) is 14.6. The molecule has 4 saturated carbocycles. The molecule has 0 bridgehead atoms. The molecule has 0 unspecified atom stereocenters. The van der Waals surface area contributed by atoms with Crippen LogP contribution in [0.5, 0.6) is 0 Å². The van der Waals surface area contributed by atoms with Gasteiger partial charge in [-0.2, -0.15) is 0 Å². The molecule has 0 aromatic heterocycles. The van der Waals surface area contributed by atoms with Crippen molar-refractivity contribution in [2.24, 2.45) is 46.3 Å². The number of carbonyl (C=O) groups is 1. The Labute approximate surface area is 236 Å². The Hall–Kier alpha value is -1.59. The van der Waals surface area contributed by atoms with Crippen molar-refractivity contribution in [1.82, 2.24) is 4.90 Å². The zero-order chi connectivity index (χ0) is 27.4. The summed E-state index contributed by atoms with van der Waals surface area (Å²) < 4.78 is 0. The molecule has 0 radical (unpaired) electrons. The van der Waals surface area contributed by atoms with E-state index in [1.54, 1.807) is 0 Å². The molecule has 4 aliphatic carbocycles. The fourth-order valence-electron chi connectivity index (χ4n) is 10.7. The fraction of sp³-hybridized carbons (Fsp3) is 0.794. The first-order valence-electron chi connectivity index (χ1n) is 16.2. The number of aliphatic hydroxyl groups is 2. The van der Waals surface area contributed by atoms with Crippen LogP contribution < -0.4 is 4.90 Å². The predicted octanol–water partition coefficient (Wildman–Crippen LogP) is 5.74. The lowest BCUT2D eigenvalue weighted by molar-refractivity contribution is -0.175. The maximum atomic E-state index is 13.2. The largest absolute Gasteiger partial charge is 0.393 e. The number of piperazine rings is 1. The van der Waals surface area contributed by atoms with Crippen molar-refractivity contribution in [2.75, 3.05) is 31.1 Å². The summed E-state index contributed by atoms with van der Waals surface area (Å²) >= 11 is 0. The van der Waals surface area contributed by atoms with E-state index in [2.05, 4.69) is 60.9 Å². The quantitative estimate of drug-likeness (QED) is 0.504. The number of anilines is 1. The molecular weight excluding hydrogens is 484 g/mol. The van der Waals surface area contributed by atoms with Gasteiger partial charge in [0.15, 0.2) is 0 Å². The van der Waals surface area contributed by atoms with Gasteiger partial charge in [-0.15, -0.1) is 0 Å². The molecule has 216 valence electrons. The summed E-state index contributed by atoms with van der Waals surface area (Å²) in [5.74, 6) is 3.80. The zero-order valence-electron chi connectivity index (χ0n) is 24.6. The van der Waals surface area contributed by atoms with Gasteiger partial charge < -0.3 is 20.0 Å². The third-order valence-corrected chi connectivity index (χ3v) is 13.1. The Morgan fingerprint density at radius 3 is 2.44 bits per heavy atom. The average Bonchev–Trinajstić information content (AvgIpc) is 3.32. The Bertz CT molecular complexity index is 1010. The summed E-state index contributed by atoms with van der Waals surface area (Å²) in [4.78, 5) is 17.7. The number of benzene rings is 1. The van der Waals surface area contributed by atoms with Crippen LogP contribution in [0.15, 0.2) is 30.3 Å². The summed E-state index contributed by atoms with van der Waals surface area (Å²) in [5, 5.41) is 22.2. The number of rotatable bonds is 5. The summed E-state index contributed by atoms with van der Waals surface area (Å²) in [5.41, 5.74) is 1.51. The van der Waals surface area contributed by atoms with E-state index in [-0.39, 0.29) is 23.0 Å². The van der Waals surface area contributed by atoms with E-state index < -0.39 is 0 Å². The highest BCUT2D eigenvalue weighted by atomic mass is 16.3.